The van der Waals surface area contributed by atoms with Crippen molar-refractivity contribution < 1.29 is 13.9 Å². The predicted molar refractivity (Wildman–Crippen MR) is 91.2 cm³/mol. The van der Waals surface area contributed by atoms with Gasteiger partial charge in [0.05, 0.1) is 13.3 Å². The highest BCUT2D eigenvalue weighted by atomic mass is 32.1. The van der Waals surface area contributed by atoms with Crippen LogP contribution in [0.4, 0.5) is 4.39 Å². The van der Waals surface area contributed by atoms with Crippen LogP contribution in [-0.2, 0) is 6.61 Å². The molecule has 2 rings (SSSR count). The summed E-state index contributed by atoms with van der Waals surface area (Å²) in [6.45, 7) is 0.111. The van der Waals surface area contributed by atoms with Crippen molar-refractivity contribution in [3.8, 4) is 11.5 Å². The molecule has 0 radical (unpaired) electrons. The molecule has 7 heteroatoms. The quantitative estimate of drug-likeness (QED) is 0.483. The highest BCUT2D eigenvalue weighted by molar-refractivity contribution is 7.80. The largest absolute Gasteiger partial charge is 0.493 e. The summed E-state index contributed by atoms with van der Waals surface area (Å²) in [5.74, 6) is 0.717. The summed E-state index contributed by atoms with van der Waals surface area (Å²) in [7, 11) is 1.53. The number of nitrogens with zero attached hydrogens (tertiary/aromatic N) is 1. The first-order valence-electron chi connectivity index (χ1n) is 6.73. The minimum atomic E-state index is -0.306. The van der Waals surface area contributed by atoms with Gasteiger partial charge in [0.15, 0.2) is 16.6 Å². The molecule has 0 bridgehead atoms. The van der Waals surface area contributed by atoms with Crippen LogP contribution < -0.4 is 20.6 Å². The Kier molecular flexibility index (Phi) is 5.87. The molecule has 3 N–H and O–H groups in total. The first kappa shape index (κ1) is 16.7. The van der Waals surface area contributed by atoms with Crippen molar-refractivity contribution in [1.29, 1.82) is 0 Å². The number of hydrogen-bond donors (Lipinski definition) is 2. The molecule has 5 nitrogen and oxygen atoms in total. The SMILES string of the molecule is COc1cc(C=NNC(N)=S)ccc1OCc1ccccc1F. The fourth-order valence-corrected chi connectivity index (χ4v) is 1.88. The fraction of sp³-hybridized carbons (Fsp3) is 0.125. The summed E-state index contributed by atoms with van der Waals surface area (Å²) in [5, 5.41) is 3.95. The van der Waals surface area contributed by atoms with E-state index in [4.69, 9.17) is 15.2 Å². The predicted octanol–water partition coefficient (Wildman–Crippen LogP) is 2.58. The maximum Gasteiger partial charge on any atom is 0.184 e. The first-order valence-corrected chi connectivity index (χ1v) is 7.13. The summed E-state index contributed by atoms with van der Waals surface area (Å²) in [5.41, 5.74) is 8.98. The zero-order chi connectivity index (χ0) is 16.7. The van der Waals surface area contributed by atoms with Crippen molar-refractivity contribution in [1.82, 2.24) is 5.43 Å². The zero-order valence-corrected chi connectivity index (χ0v) is 13.3. The number of rotatable bonds is 6. The standard InChI is InChI=1S/C16H16FN3O2S/c1-21-15-8-11(9-19-20-16(18)23)6-7-14(15)22-10-12-4-2-3-5-13(12)17/h2-9H,10H2,1H3,(H3,18,20,23). The average molecular weight is 333 g/mol. The van der Waals surface area contributed by atoms with Crippen LogP contribution in [0.15, 0.2) is 47.6 Å². The number of benzene rings is 2. The summed E-state index contributed by atoms with van der Waals surface area (Å²) >= 11 is 4.65. The van der Waals surface area contributed by atoms with E-state index in [9.17, 15) is 4.39 Å². The van der Waals surface area contributed by atoms with E-state index in [1.54, 1.807) is 42.6 Å². The van der Waals surface area contributed by atoms with Crippen molar-refractivity contribution in [3.05, 3.63) is 59.4 Å². The highest BCUT2D eigenvalue weighted by Crippen LogP contribution is 2.28. The van der Waals surface area contributed by atoms with Crippen molar-refractivity contribution >= 4 is 23.5 Å². The Labute approximate surface area is 138 Å². The van der Waals surface area contributed by atoms with E-state index in [2.05, 4.69) is 22.7 Å². The molecule has 23 heavy (non-hydrogen) atoms. The molecule has 0 aliphatic carbocycles. The van der Waals surface area contributed by atoms with Crippen LogP contribution in [0.5, 0.6) is 11.5 Å². The van der Waals surface area contributed by atoms with Crippen LogP contribution in [0.1, 0.15) is 11.1 Å². The van der Waals surface area contributed by atoms with Crippen molar-refractivity contribution in [2.45, 2.75) is 6.61 Å². The Hall–Kier alpha value is -2.67. The monoisotopic (exact) mass is 333 g/mol. The molecule has 0 fully saturated rings. The van der Waals surface area contributed by atoms with Crippen molar-refractivity contribution in [3.63, 3.8) is 0 Å². The van der Waals surface area contributed by atoms with E-state index >= 15 is 0 Å². The maximum absolute atomic E-state index is 13.6. The van der Waals surface area contributed by atoms with Gasteiger partial charge < -0.3 is 15.2 Å². The number of thiocarbonyl (C=S) groups is 1. The van der Waals surface area contributed by atoms with Gasteiger partial charge in [0.2, 0.25) is 0 Å². The van der Waals surface area contributed by atoms with Crippen LogP contribution in [0.25, 0.3) is 0 Å². The molecule has 2 aromatic carbocycles. The van der Waals surface area contributed by atoms with Crippen LogP contribution >= 0.6 is 12.2 Å². The molecule has 0 unspecified atom stereocenters. The first-order chi connectivity index (χ1) is 11.1. The van der Waals surface area contributed by atoms with Crippen LogP contribution in [0.2, 0.25) is 0 Å². The fourth-order valence-electron chi connectivity index (χ4n) is 1.83. The van der Waals surface area contributed by atoms with E-state index in [0.29, 0.717) is 17.1 Å². The molecule has 0 aliphatic heterocycles. The molecule has 0 heterocycles. The van der Waals surface area contributed by atoms with Gasteiger partial charge in [0.25, 0.3) is 0 Å². The van der Waals surface area contributed by atoms with Crippen LogP contribution in [0.3, 0.4) is 0 Å². The maximum atomic E-state index is 13.6. The number of methoxy groups -OCH3 is 1. The number of nitrogens with one attached hydrogen (secondary N) is 1. The topological polar surface area (TPSA) is 68.9 Å². The van der Waals surface area contributed by atoms with E-state index in [0.717, 1.165) is 5.56 Å². The van der Waals surface area contributed by atoms with Gasteiger partial charge in [-0.05, 0) is 42.0 Å². The van der Waals surface area contributed by atoms with E-state index in [-0.39, 0.29) is 17.5 Å². The third-order valence-electron chi connectivity index (χ3n) is 2.92. The smallest absolute Gasteiger partial charge is 0.184 e. The van der Waals surface area contributed by atoms with E-state index in [1.165, 1.54) is 13.2 Å². The van der Waals surface area contributed by atoms with Gasteiger partial charge in [-0.25, -0.2) is 4.39 Å². The molecule has 0 atom stereocenters. The molecule has 2 aromatic rings. The lowest BCUT2D eigenvalue weighted by molar-refractivity contribution is 0.279. The van der Waals surface area contributed by atoms with Gasteiger partial charge in [0.1, 0.15) is 12.4 Å². The van der Waals surface area contributed by atoms with Gasteiger partial charge in [-0.1, -0.05) is 18.2 Å². The van der Waals surface area contributed by atoms with Gasteiger partial charge in [-0.2, -0.15) is 5.10 Å². The van der Waals surface area contributed by atoms with Crippen LogP contribution in [-0.4, -0.2) is 18.4 Å². The number of halogens is 1. The van der Waals surface area contributed by atoms with Gasteiger partial charge in [-0.15, -0.1) is 0 Å². The second-order valence-corrected chi connectivity index (χ2v) is 4.96. The van der Waals surface area contributed by atoms with Gasteiger partial charge in [-0.3, -0.25) is 5.43 Å². The van der Waals surface area contributed by atoms with Crippen molar-refractivity contribution in [2.75, 3.05) is 7.11 Å². The normalized spacial score (nSPS) is 10.5. The lowest BCUT2D eigenvalue weighted by Crippen LogP contribution is -2.23. The highest BCUT2D eigenvalue weighted by Gasteiger charge is 2.07. The molecular weight excluding hydrogens is 317 g/mol. The Morgan fingerprint density at radius 1 is 1.30 bits per heavy atom. The van der Waals surface area contributed by atoms with Gasteiger partial charge >= 0.3 is 0 Å². The number of hydrazone groups is 1. The number of hydrogen-bond acceptors (Lipinski definition) is 4. The molecule has 0 spiro atoms. The Balaban J connectivity index is 2.09. The number of ether oxygens (including phenoxy) is 2. The van der Waals surface area contributed by atoms with Gasteiger partial charge in [0, 0.05) is 5.56 Å². The Bertz CT molecular complexity index is 722. The molecular formula is C16H16FN3O2S. The summed E-state index contributed by atoms with van der Waals surface area (Å²) in [6, 6.07) is 11.7. The lowest BCUT2D eigenvalue weighted by Gasteiger charge is -2.11. The minimum absolute atomic E-state index is 0.0815. The third kappa shape index (κ3) is 4.93. The molecule has 0 saturated heterocycles. The molecule has 0 saturated carbocycles. The summed E-state index contributed by atoms with van der Waals surface area (Å²) in [6.07, 6.45) is 1.54. The molecule has 0 aromatic heterocycles. The van der Waals surface area contributed by atoms with E-state index < -0.39 is 0 Å². The van der Waals surface area contributed by atoms with E-state index in [1.807, 2.05) is 0 Å². The second kappa shape index (κ2) is 8.09. The Morgan fingerprint density at radius 3 is 2.78 bits per heavy atom. The average Bonchev–Trinajstić information content (AvgIpc) is 2.54. The zero-order valence-electron chi connectivity index (χ0n) is 12.5. The third-order valence-corrected chi connectivity index (χ3v) is 3.01. The molecule has 0 aliphatic rings. The number of nitrogens with two attached hydrogens (primary N) is 1. The Morgan fingerprint density at radius 2 is 2.09 bits per heavy atom. The second-order valence-electron chi connectivity index (χ2n) is 4.52. The van der Waals surface area contributed by atoms with Crippen LogP contribution in [0, 0.1) is 5.82 Å². The minimum Gasteiger partial charge on any atom is -0.493 e. The summed E-state index contributed by atoms with van der Waals surface area (Å²) < 4.78 is 24.5. The summed E-state index contributed by atoms with van der Waals surface area (Å²) in [4.78, 5) is 0. The lowest BCUT2D eigenvalue weighted by atomic mass is 10.2. The van der Waals surface area contributed by atoms with Crippen molar-refractivity contribution in [2.24, 2.45) is 10.8 Å². The molecule has 0 amide bonds. The molecule has 120 valence electrons.